The minimum atomic E-state index is 0.885. The van der Waals surface area contributed by atoms with Crippen LogP contribution in [0.1, 0.15) is 22.3 Å². The normalized spacial score (nSPS) is 12.8. The fourth-order valence-electron chi connectivity index (χ4n) is 13.1. The molecule has 18 rings (SSSR count). The highest BCUT2D eigenvalue weighted by Crippen LogP contribution is 2.49. The molecule has 8 heterocycles. The molecule has 0 unspecified atom stereocenters. The molecule has 2 aliphatic rings. The van der Waals surface area contributed by atoms with E-state index in [1.807, 2.05) is 49.3 Å². The van der Waals surface area contributed by atoms with Crippen molar-refractivity contribution in [3.05, 3.63) is 241 Å². The van der Waals surface area contributed by atoms with Crippen LogP contribution in [0.5, 0.6) is 0 Å². The van der Waals surface area contributed by atoms with Gasteiger partial charge in [0.15, 0.2) is 0 Å². The second-order valence-electron chi connectivity index (χ2n) is 19.8. The van der Waals surface area contributed by atoms with E-state index < -0.39 is 0 Å². The van der Waals surface area contributed by atoms with Gasteiger partial charge >= 0.3 is 0 Å². The predicted octanol–water partition coefficient (Wildman–Crippen LogP) is 15.4. The zero-order valence-electron chi connectivity index (χ0n) is 39.8. The molecule has 0 amide bonds. The van der Waals surface area contributed by atoms with Crippen LogP contribution in [-0.2, 0) is 12.8 Å². The van der Waals surface area contributed by atoms with Gasteiger partial charge in [0.25, 0.3) is 0 Å². The van der Waals surface area contributed by atoms with Gasteiger partial charge in [-0.25, -0.2) is 19.9 Å². The largest absolute Gasteiger partial charge is 0.309 e. The van der Waals surface area contributed by atoms with Crippen molar-refractivity contribution in [2.24, 2.45) is 0 Å². The van der Waals surface area contributed by atoms with Gasteiger partial charge in [0.05, 0.1) is 22.1 Å². The molecule has 344 valence electrons. The summed E-state index contributed by atoms with van der Waals surface area (Å²) in [7, 11) is 0. The molecule has 8 aromatic carbocycles. The maximum atomic E-state index is 4.81. The number of fused-ring (bicyclic) bond motifs is 27. The lowest BCUT2D eigenvalue weighted by Crippen LogP contribution is -1.95. The smallest absolute Gasteiger partial charge is 0.146 e. The van der Waals surface area contributed by atoms with Crippen molar-refractivity contribution >= 4 is 98.5 Å². The van der Waals surface area contributed by atoms with Crippen molar-refractivity contribution in [1.82, 2.24) is 37.9 Å². The Morgan fingerprint density at radius 3 is 1.42 bits per heavy atom. The van der Waals surface area contributed by atoms with Crippen LogP contribution in [0.15, 0.2) is 219 Å². The quantitative estimate of drug-likeness (QED) is 0.162. The van der Waals surface area contributed by atoms with Crippen molar-refractivity contribution in [3.63, 3.8) is 0 Å². The Labute approximate surface area is 422 Å². The first-order valence-electron chi connectivity index (χ1n) is 25.3. The van der Waals surface area contributed by atoms with E-state index in [-0.39, 0.29) is 0 Å². The van der Waals surface area contributed by atoms with Crippen molar-refractivity contribution < 1.29 is 0 Å². The number of nitrogens with zero attached hydrogens (tertiary/aromatic N) is 8. The van der Waals surface area contributed by atoms with E-state index in [1.54, 1.807) is 0 Å². The van der Waals surface area contributed by atoms with Gasteiger partial charge in [-0.3, -0.25) is 8.80 Å². The molecule has 0 saturated heterocycles. The highest BCUT2D eigenvalue weighted by atomic mass is 15.0. The van der Waals surface area contributed by atoms with Gasteiger partial charge in [0.1, 0.15) is 22.6 Å². The van der Waals surface area contributed by atoms with Gasteiger partial charge < -0.3 is 9.13 Å². The Morgan fingerprint density at radius 2 is 0.784 bits per heavy atom. The second kappa shape index (κ2) is 14.8. The first kappa shape index (κ1) is 39.8. The molecule has 0 N–H and O–H groups in total. The number of pyridine rings is 4. The Balaban J connectivity index is 0.000000122. The van der Waals surface area contributed by atoms with E-state index in [2.05, 4.69) is 193 Å². The summed E-state index contributed by atoms with van der Waals surface area (Å²) in [5, 5.41) is 12.5. The van der Waals surface area contributed by atoms with E-state index in [1.165, 1.54) is 121 Å². The molecule has 2 aliphatic carbocycles. The highest BCUT2D eigenvalue weighted by molar-refractivity contribution is 6.19. The summed E-state index contributed by atoms with van der Waals surface area (Å²) in [6, 6.07) is 65.8. The monoisotopic (exact) mass is 944 g/mol. The average molecular weight is 945 g/mol. The summed E-state index contributed by atoms with van der Waals surface area (Å²) in [6.45, 7) is 0. The van der Waals surface area contributed by atoms with Crippen molar-refractivity contribution in [3.8, 4) is 33.6 Å². The molecule has 0 fully saturated rings. The zero-order chi connectivity index (χ0) is 48.2. The van der Waals surface area contributed by atoms with Gasteiger partial charge in [-0.2, -0.15) is 0 Å². The van der Waals surface area contributed by atoms with Crippen LogP contribution < -0.4 is 0 Å². The van der Waals surface area contributed by atoms with Gasteiger partial charge in [-0.15, -0.1) is 0 Å². The molecular weight excluding hydrogens is 905 g/mol. The van der Waals surface area contributed by atoms with E-state index in [0.29, 0.717) is 0 Å². The minimum Gasteiger partial charge on any atom is -0.309 e. The average Bonchev–Trinajstić information content (AvgIpc) is 4.36. The number of imidazole rings is 2. The molecule has 0 spiro atoms. The van der Waals surface area contributed by atoms with E-state index >= 15 is 0 Å². The molecule has 0 aliphatic heterocycles. The first-order valence-corrected chi connectivity index (χ1v) is 25.3. The van der Waals surface area contributed by atoms with Gasteiger partial charge in [0, 0.05) is 98.1 Å². The minimum absolute atomic E-state index is 0.885. The van der Waals surface area contributed by atoms with Crippen LogP contribution in [-0.4, -0.2) is 37.9 Å². The van der Waals surface area contributed by atoms with Crippen LogP contribution in [0.25, 0.3) is 132 Å². The third kappa shape index (κ3) is 5.30. The van der Waals surface area contributed by atoms with E-state index in [4.69, 9.17) is 15.0 Å². The Kier molecular flexibility index (Phi) is 7.96. The maximum absolute atomic E-state index is 4.81. The lowest BCUT2D eigenvalue weighted by Gasteiger charge is -2.11. The predicted molar refractivity (Wildman–Crippen MR) is 301 cm³/mol. The molecule has 8 heteroatoms. The third-order valence-electron chi connectivity index (χ3n) is 16.1. The lowest BCUT2D eigenvalue weighted by molar-refractivity contribution is 1.18. The standard InChI is InChI=1S/2C33H20N4/c1-2-7-20(8-3-1)37-28-11-5-4-9-25(28)30-26-19-27-21(22(26)14-15-29(30)37)12-13-23-24-10-6-16-34-32(24)36-18-17-35-33(36)31(23)27;1-2-7-21(8-3-1)37-29-11-5-4-9-23(29)27-17-20-18-28-22(26(20)19-30(27)37)12-13-24-25-10-6-14-34-32(25)36-16-15-35-33(36)31(24)28/h1-18H,19H2;1-17,19H,18H2. The Hall–Kier alpha value is -9.92. The molecular formula is C66H40N8. The summed E-state index contributed by atoms with van der Waals surface area (Å²) in [5.41, 5.74) is 22.0. The number of para-hydroxylation sites is 4. The van der Waals surface area contributed by atoms with Crippen LogP contribution in [0, 0.1) is 0 Å². The highest BCUT2D eigenvalue weighted by Gasteiger charge is 2.29. The molecule has 0 saturated carbocycles. The van der Waals surface area contributed by atoms with E-state index in [0.717, 1.165) is 46.2 Å². The number of benzene rings is 8. The molecule has 0 bridgehead atoms. The van der Waals surface area contributed by atoms with Crippen LogP contribution >= 0.6 is 0 Å². The molecule has 0 atom stereocenters. The summed E-state index contributed by atoms with van der Waals surface area (Å²) in [5.74, 6) is 0. The summed E-state index contributed by atoms with van der Waals surface area (Å²) >= 11 is 0. The zero-order valence-corrected chi connectivity index (χ0v) is 39.8. The van der Waals surface area contributed by atoms with Crippen molar-refractivity contribution in [1.29, 1.82) is 0 Å². The van der Waals surface area contributed by atoms with Crippen LogP contribution in [0.2, 0.25) is 0 Å². The molecule has 16 aromatic rings. The molecule has 0 radical (unpaired) electrons. The fraction of sp³-hybridized carbons (Fsp3) is 0.0303. The third-order valence-corrected chi connectivity index (χ3v) is 16.1. The first-order chi connectivity index (χ1) is 36.7. The van der Waals surface area contributed by atoms with Gasteiger partial charge in [-0.05, 0) is 141 Å². The Morgan fingerprint density at radius 1 is 0.297 bits per heavy atom. The number of rotatable bonds is 2. The summed E-state index contributed by atoms with van der Waals surface area (Å²) < 4.78 is 9.07. The van der Waals surface area contributed by atoms with Crippen LogP contribution in [0.4, 0.5) is 0 Å². The van der Waals surface area contributed by atoms with Crippen LogP contribution in [0.3, 0.4) is 0 Å². The lowest BCUT2D eigenvalue weighted by atomic mass is 9.98. The molecule has 74 heavy (non-hydrogen) atoms. The van der Waals surface area contributed by atoms with Crippen molar-refractivity contribution in [2.75, 3.05) is 0 Å². The Bertz CT molecular complexity index is 5080. The molecule has 8 nitrogen and oxygen atoms in total. The SMILES string of the molecule is c1ccc(-n2c3ccccc3c3c4c(ccc32)-c2ccc3c5cccnc5n5ccnc5c3c2C4)cc1.c1ccc(-n2c3ccccc3c3cc4c(cc32)-c2ccc3c5cccnc5n5ccnc5c3c2C4)cc1. The summed E-state index contributed by atoms with van der Waals surface area (Å²) in [4.78, 5) is 19.0. The number of aromatic nitrogens is 8. The summed E-state index contributed by atoms with van der Waals surface area (Å²) in [6.07, 6.45) is 13.3. The topological polar surface area (TPSA) is 70.2 Å². The number of hydrogen-bond acceptors (Lipinski definition) is 4. The fourth-order valence-corrected chi connectivity index (χ4v) is 13.1. The molecule has 8 aromatic heterocycles. The van der Waals surface area contributed by atoms with Gasteiger partial charge in [-0.1, -0.05) is 103 Å². The maximum Gasteiger partial charge on any atom is 0.146 e. The van der Waals surface area contributed by atoms with Crippen molar-refractivity contribution in [2.45, 2.75) is 12.8 Å². The van der Waals surface area contributed by atoms with Gasteiger partial charge in [0.2, 0.25) is 0 Å². The van der Waals surface area contributed by atoms with E-state index in [9.17, 15) is 0 Å². The second-order valence-corrected chi connectivity index (χ2v) is 19.8. The number of hydrogen-bond donors (Lipinski definition) is 0.